The van der Waals surface area contributed by atoms with Gasteiger partial charge < -0.3 is 15.2 Å². The van der Waals surface area contributed by atoms with E-state index < -0.39 is 0 Å². The van der Waals surface area contributed by atoms with Crippen LogP contribution in [0.3, 0.4) is 0 Å². The molecule has 17 heavy (non-hydrogen) atoms. The van der Waals surface area contributed by atoms with E-state index in [0.717, 1.165) is 36.5 Å². The Kier molecular flexibility index (Phi) is 5.77. The van der Waals surface area contributed by atoms with Gasteiger partial charge in [-0.25, -0.2) is 0 Å². The molecule has 1 heterocycles. The smallest absolute Gasteiger partial charge is 0.160 e. The van der Waals surface area contributed by atoms with Crippen molar-refractivity contribution < 1.29 is 9.84 Å². The highest BCUT2D eigenvalue weighted by Gasteiger charge is 2.08. The van der Waals surface area contributed by atoms with Crippen molar-refractivity contribution in [3.63, 3.8) is 0 Å². The Hall–Kier alpha value is -1.29. The molecule has 0 saturated carbocycles. The number of hydrogen-bond donors (Lipinski definition) is 2. The molecular weight excluding hydrogens is 216 g/mol. The molecule has 1 rings (SSSR count). The molecule has 0 amide bonds. The fourth-order valence-electron chi connectivity index (χ4n) is 1.74. The molecule has 0 aliphatic heterocycles. The lowest BCUT2D eigenvalue weighted by molar-refractivity contribution is 0.258. The van der Waals surface area contributed by atoms with Crippen LogP contribution < -0.4 is 10.1 Å². The molecule has 2 N–H and O–H groups in total. The number of pyridine rings is 1. The van der Waals surface area contributed by atoms with Crippen molar-refractivity contribution in [3.8, 4) is 5.75 Å². The van der Waals surface area contributed by atoms with E-state index in [-0.39, 0.29) is 6.61 Å². The van der Waals surface area contributed by atoms with Crippen LogP contribution in [0, 0.1) is 12.8 Å². The van der Waals surface area contributed by atoms with Crippen molar-refractivity contribution in [2.45, 2.75) is 26.7 Å². The van der Waals surface area contributed by atoms with Crippen molar-refractivity contribution in [1.82, 2.24) is 4.98 Å². The minimum atomic E-state index is 0.243. The second-order valence-electron chi connectivity index (χ2n) is 4.19. The maximum absolute atomic E-state index is 8.95. The average molecular weight is 238 g/mol. The van der Waals surface area contributed by atoms with Gasteiger partial charge in [0.25, 0.3) is 0 Å². The van der Waals surface area contributed by atoms with E-state index in [1.54, 1.807) is 13.3 Å². The van der Waals surface area contributed by atoms with Gasteiger partial charge >= 0.3 is 0 Å². The molecule has 1 aromatic rings. The molecule has 0 fully saturated rings. The summed E-state index contributed by atoms with van der Waals surface area (Å²) in [7, 11) is 1.64. The zero-order valence-electron chi connectivity index (χ0n) is 10.9. The number of aliphatic hydroxyl groups is 1. The quantitative estimate of drug-likeness (QED) is 0.764. The number of aryl methyl sites for hydroxylation is 1. The number of methoxy groups -OCH3 is 1. The van der Waals surface area contributed by atoms with E-state index in [2.05, 4.69) is 17.2 Å². The molecule has 0 saturated heterocycles. The summed E-state index contributed by atoms with van der Waals surface area (Å²) in [4.78, 5) is 4.19. The molecule has 0 aliphatic rings. The molecule has 96 valence electrons. The van der Waals surface area contributed by atoms with Crippen molar-refractivity contribution in [2.75, 3.05) is 25.6 Å². The highest BCUT2D eigenvalue weighted by Crippen LogP contribution is 2.24. The van der Waals surface area contributed by atoms with E-state index in [1.165, 1.54) is 0 Å². The molecule has 0 aliphatic carbocycles. The Morgan fingerprint density at radius 2 is 2.29 bits per heavy atom. The van der Waals surface area contributed by atoms with Gasteiger partial charge in [-0.05, 0) is 25.3 Å². The molecule has 0 aromatic carbocycles. The topological polar surface area (TPSA) is 54.4 Å². The van der Waals surface area contributed by atoms with Gasteiger partial charge in [-0.2, -0.15) is 0 Å². The number of nitrogens with one attached hydrogen (secondary N) is 1. The first-order valence-corrected chi connectivity index (χ1v) is 6.06. The SMILES string of the molecule is CCC(CCO)CNc1cc(C)ncc1OC. The van der Waals surface area contributed by atoms with Gasteiger partial charge in [0.15, 0.2) is 5.75 Å². The molecule has 0 spiro atoms. The van der Waals surface area contributed by atoms with Crippen LogP contribution >= 0.6 is 0 Å². The molecule has 4 heteroatoms. The Bertz CT molecular complexity index is 342. The van der Waals surface area contributed by atoms with E-state index in [4.69, 9.17) is 9.84 Å². The van der Waals surface area contributed by atoms with Crippen LogP contribution in [0.2, 0.25) is 0 Å². The van der Waals surface area contributed by atoms with E-state index in [9.17, 15) is 0 Å². The van der Waals surface area contributed by atoms with Gasteiger partial charge in [0, 0.05) is 18.8 Å². The second kappa shape index (κ2) is 7.12. The minimum absolute atomic E-state index is 0.243. The van der Waals surface area contributed by atoms with Gasteiger partial charge in [-0.1, -0.05) is 13.3 Å². The van der Waals surface area contributed by atoms with E-state index >= 15 is 0 Å². The van der Waals surface area contributed by atoms with Gasteiger partial charge in [0.05, 0.1) is 19.0 Å². The number of aliphatic hydroxyl groups excluding tert-OH is 1. The summed E-state index contributed by atoms with van der Waals surface area (Å²) in [5.41, 5.74) is 1.93. The van der Waals surface area contributed by atoms with Crippen LogP contribution in [0.4, 0.5) is 5.69 Å². The average Bonchev–Trinajstić information content (AvgIpc) is 2.34. The fourth-order valence-corrected chi connectivity index (χ4v) is 1.74. The number of rotatable bonds is 7. The summed E-state index contributed by atoms with van der Waals surface area (Å²) in [6.07, 6.45) is 3.61. The molecule has 1 aromatic heterocycles. The maximum Gasteiger partial charge on any atom is 0.160 e. The highest BCUT2D eigenvalue weighted by atomic mass is 16.5. The first-order chi connectivity index (χ1) is 8.21. The minimum Gasteiger partial charge on any atom is -0.493 e. The van der Waals surface area contributed by atoms with Crippen LogP contribution in [0.25, 0.3) is 0 Å². The van der Waals surface area contributed by atoms with Gasteiger partial charge in [-0.15, -0.1) is 0 Å². The summed E-state index contributed by atoms with van der Waals surface area (Å²) in [6.45, 7) is 5.18. The molecule has 1 unspecified atom stereocenters. The Morgan fingerprint density at radius 3 is 2.88 bits per heavy atom. The van der Waals surface area contributed by atoms with Crippen LogP contribution in [-0.2, 0) is 0 Å². The van der Waals surface area contributed by atoms with Crippen molar-refractivity contribution >= 4 is 5.69 Å². The largest absolute Gasteiger partial charge is 0.493 e. The third-order valence-electron chi connectivity index (χ3n) is 2.92. The lowest BCUT2D eigenvalue weighted by Crippen LogP contribution is -2.15. The van der Waals surface area contributed by atoms with Crippen molar-refractivity contribution in [2.24, 2.45) is 5.92 Å². The lowest BCUT2D eigenvalue weighted by atomic mass is 10.0. The zero-order valence-corrected chi connectivity index (χ0v) is 10.9. The number of ether oxygens (including phenoxy) is 1. The third-order valence-corrected chi connectivity index (χ3v) is 2.92. The fraction of sp³-hybridized carbons (Fsp3) is 0.615. The summed E-state index contributed by atoms with van der Waals surface area (Å²) >= 11 is 0. The molecule has 1 atom stereocenters. The summed E-state index contributed by atoms with van der Waals surface area (Å²) in [6, 6.07) is 1.98. The zero-order chi connectivity index (χ0) is 12.7. The first-order valence-electron chi connectivity index (χ1n) is 6.06. The summed E-state index contributed by atoms with van der Waals surface area (Å²) in [5.74, 6) is 1.24. The Balaban J connectivity index is 2.63. The van der Waals surface area contributed by atoms with Gasteiger partial charge in [-0.3, -0.25) is 4.98 Å². The lowest BCUT2D eigenvalue weighted by Gasteiger charge is -2.17. The van der Waals surface area contributed by atoms with Crippen molar-refractivity contribution in [1.29, 1.82) is 0 Å². The highest BCUT2D eigenvalue weighted by molar-refractivity contribution is 5.55. The van der Waals surface area contributed by atoms with Gasteiger partial charge in [0.2, 0.25) is 0 Å². The standard InChI is InChI=1S/C13H22N2O2/c1-4-11(5-6-16)8-15-12-7-10(2)14-9-13(12)17-3/h7,9,11,16H,4-6,8H2,1-3H3,(H,14,15). The number of aromatic nitrogens is 1. The van der Waals surface area contributed by atoms with Crippen LogP contribution in [0.5, 0.6) is 5.75 Å². The summed E-state index contributed by atoms with van der Waals surface area (Å²) < 4.78 is 5.25. The predicted molar refractivity (Wildman–Crippen MR) is 69.5 cm³/mol. The van der Waals surface area contributed by atoms with Crippen LogP contribution in [-0.4, -0.2) is 30.4 Å². The molecule has 4 nitrogen and oxygen atoms in total. The van der Waals surface area contributed by atoms with E-state index in [1.807, 2.05) is 13.0 Å². The first kappa shape index (κ1) is 13.8. The Morgan fingerprint density at radius 1 is 1.53 bits per heavy atom. The normalized spacial score (nSPS) is 12.2. The number of hydrogen-bond acceptors (Lipinski definition) is 4. The van der Waals surface area contributed by atoms with E-state index in [0.29, 0.717) is 5.92 Å². The van der Waals surface area contributed by atoms with Crippen molar-refractivity contribution in [3.05, 3.63) is 18.0 Å². The number of nitrogens with zero attached hydrogens (tertiary/aromatic N) is 1. The Labute approximate surface area is 103 Å². The second-order valence-corrected chi connectivity index (χ2v) is 4.19. The molecular formula is C13H22N2O2. The summed E-state index contributed by atoms with van der Waals surface area (Å²) in [5, 5.41) is 12.3. The number of anilines is 1. The van der Waals surface area contributed by atoms with Crippen LogP contribution in [0.1, 0.15) is 25.5 Å². The van der Waals surface area contributed by atoms with Crippen LogP contribution in [0.15, 0.2) is 12.3 Å². The third kappa shape index (κ3) is 4.23. The van der Waals surface area contributed by atoms with Gasteiger partial charge in [0.1, 0.15) is 0 Å². The maximum atomic E-state index is 8.95. The molecule has 0 bridgehead atoms. The predicted octanol–water partition coefficient (Wildman–Crippen LogP) is 2.22. The molecule has 0 radical (unpaired) electrons. The monoisotopic (exact) mass is 238 g/mol.